The van der Waals surface area contributed by atoms with Gasteiger partial charge in [-0.3, -0.25) is 0 Å². The second-order valence-corrected chi connectivity index (χ2v) is 4.92. The van der Waals surface area contributed by atoms with Crippen LogP contribution >= 0.6 is 23.2 Å². The summed E-state index contributed by atoms with van der Waals surface area (Å²) in [7, 11) is 0. The van der Waals surface area contributed by atoms with Gasteiger partial charge in [-0.15, -0.1) is 0 Å². The maximum Gasteiger partial charge on any atom is 0.335 e. The number of rotatable bonds is 4. The highest BCUT2D eigenvalue weighted by molar-refractivity contribution is 6.39. The predicted octanol–water partition coefficient (Wildman–Crippen LogP) is 4.44. The van der Waals surface area contributed by atoms with Crippen molar-refractivity contribution in [3.63, 3.8) is 0 Å². The van der Waals surface area contributed by atoms with Crippen molar-refractivity contribution in [2.75, 3.05) is 5.32 Å². The second-order valence-electron chi connectivity index (χ2n) is 4.10. The molecule has 0 saturated heterocycles. The number of carboxylic acids is 1. The van der Waals surface area contributed by atoms with Crippen LogP contribution in [-0.2, 0) is 6.54 Å². The molecule has 0 aliphatic carbocycles. The number of benzene rings is 2. The van der Waals surface area contributed by atoms with Gasteiger partial charge in [0.05, 0.1) is 21.3 Å². The summed E-state index contributed by atoms with van der Waals surface area (Å²) in [5.74, 6) is -1.51. The lowest BCUT2D eigenvalue weighted by Crippen LogP contribution is -2.03. The normalized spacial score (nSPS) is 10.3. The highest BCUT2D eigenvalue weighted by atomic mass is 35.5. The van der Waals surface area contributed by atoms with Crippen molar-refractivity contribution < 1.29 is 14.3 Å². The van der Waals surface area contributed by atoms with Crippen molar-refractivity contribution in [1.82, 2.24) is 0 Å². The largest absolute Gasteiger partial charge is 0.478 e. The quantitative estimate of drug-likeness (QED) is 0.877. The first-order valence-corrected chi connectivity index (χ1v) is 6.43. The zero-order chi connectivity index (χ0) is 14.7. The lowest BCUT2D eigenvalue weighted by molar-refractivity contribution is 0.0697. The lowest BCUT2D eigenvalue weighted by Gasteiger charge is -2.11. The number of hydrogen-bond donors (Lipinski definition) is 2. The number of aromatic carboxylic acids is 1. The number of carbonyl (C=O) groups is 1. The molecule has 0 unspecified atom stereocenters. The van der Waals surface area contributed by atoms with Gasteiger partial charge in [0.25, 0.3) is 0 Å². The van der Waals surface area contributed by atoms with E-state index in [1.807, 2.05) is 0 Å². The molecule has 0 atom stereocenters. The summed E-state index contributed by atoms with van der Waals surface area (Å²) < 4.78 is 13.1. The minimum Gasteiger partial charge on any atom is -0.478 e. The van der Waals surface area contributed by atoms with Gasteiger partial charge >= 0.3 is 5.97 Å². The fraction of sp³-hybridized carbons (Fsp3) is 0.0714. The van der Waals surface area contributed by atoms with Gasteiger partial charge in [-0.2, -0.15) is 0 Å². The van der Waals surface area contributed by atoms with Gasteiger partial charge in [-0.1, -0.05) is 35.3 Å². The van der Waals surface area contributed by atoms with Gasteiger partial charge in [0, 0.05) is 6.54 Å². The predicted molar refractivity (Wildman–Crippen MR) is 77.1 cm³/mol. The van der Waals surface area contributed by atoms with Crippen molar-refractivity contribution in [3.8, 4) is 0 Å². The molecule has 104 valence electrons. The van der Waals surface area contributed by atoms with E-state index in [9.17, 15) is 9.18 Å². The van der Waals surface area contributed by atoms with Crippen LogP contribution in [0.5, 0.6) is 0 Å². The molecule has 2 aromatic rings. The van der Waals surface area contributed by atoms with Crippen LogP contribution in [0.1, 0.15) is 15.9 Å². The number of carboxylic acid groups (broad SMARTS) is 1. The zero-order valence-electron chi connectivity index (χ0n) is 10.2. The first kappa shape index (κ1) is 14.6. The van der Waals surface area contributed by atoms with E-state index in [1.165, 1.54) is 6.07 Å². The Morgan fingerprint density at radius 1 is 1.20 bits per heavy atom. The molecular weight excluding hydrogens is 304 g/mol. The van der Waals surface area contributed by atoms with E-state index >= 15 is 0 Å². The van der Waals surface area contributed by atoms with E-state index in [0.717, 1.165) is 17.7 Å². The molecule has 0 saturated carbocycles. The maximum atomic E-state index is 13.1. The first-order valence-electron chi connectivity index (χ1n) is 5.68. The van der Waals surface area contributed by atoms with Crippen LogP contribution < -0.4 is 5.32 Å². The number of halogens is 3. The van der Waals surface area contributed by atoms with Crippen LogP contribution in [0.4, 0.5) is 10.1 Å². The van der Waals surface area contributed by atoms with Gasteiger partial charge < -0.3 is 10.4 Å². The topological polar surface area (TPSA) is 49.3 Å². The standard InChI is InChI=1S/C14H10Cl2FNO2/c15-11-5-10(17)6-12(16)13(11)18-7-8-2-1-3-9(4-8)14(19)20/h1-6,18H,7H2,(H,19,20). The van der Waals surface area contributed by atoms with E-state index < -0.39 is 11.8 Å². The Labute approximate surface area is 124 Å². The fourth-order valence-corrected chi connectivity index (χ4v) is 2.31. The van der Waals surface area contributed by atoms with Crippen molar-refractivity contribution in [2.45, 2.75) is 6.54 Å². The zero-order valence-corrected chi connectivity index (χ0v) is 11.7. The van der Waals surface area contributed by atoms with Crippen molar-refractivity contribution in [1.29, 1.82) is 0 Å². The molecule has 0 heterocycles. The Kier molecular flexibility index (Phi) is 4.47. The molecule has 0 aliphatic rings. The molecule has 2 aromatic carbocycles. The first-order chi connectivity index (χ1) is 9.47. The molecule has 0 fully saturated rings. The van der Waals surface area contributed by atoms with E-state index in [4.69, 9.17) is 28.3 Å². The van der Waals surface area contributed by atoms with Gasteiger partial charge in [0.2, 0.25) is 0 Å². The summed E-state index contributed by atoms with van der Waals surface area (Å²) in [6.45, 7) is 0.326. The Balaban J connectivity index is 2.17. The Morgan fingerprint density at radius 3 is 2.45 bits per heavy atom. The average molecular weight is 314 g/mol. The molecule has 0 spiro atoms. The van der Waals surface area contributed by atoms with E-state index in [1.54, 1.807) is 18.2 Å². The summed E-state index contributed by atoms with van der Waals surface area (Å²) in [5, 5.41) is 12.2. The molecule has 0 amide bonds. The van der Waals surface area contributed by atoms with Gasteiger partial charge in [-0.05, 0) is 29.8 Å². The molecule has 6 heteroatoms. The summed E-state index contributed by atoms with van der Waals surface area (Å²) >= 11 is 11.8. The smallest absolute Gasteiger partial charge is 0.335 e. The monoisotopic (exact) mass is 313 g/mol. The van der Waals surface area contributed by atoms with Crippen LogP contribution in [0.15, 0.2) is 36.4 Å². The van der Waals surface area contributed by atoms with E-state index in [0.29, 0.717) is 12.2 Å². The van der Waals surface area contributed by atoms with Crippen molar-refractivity contribution in [2.24, 2.45) is 0 Å². The molecule has 3 nitrogen and oxygen atoms in total. The van der Waals surface area contributed by atoms with Gasteiger partial charge in [0.1, 0.15) is 5.82 Å². The van der Waals surface area contributed by atoms with Crippen molar-refractivity contribution >= 4 is 34.9 Å². The number of nitrogens with one attached hydrogen (secondary N) is 1. The SMILES string of the molecule is O=C(O)c1cccc(CNc2c(Cl)cc(F)cc2Cl)c1. The number of anilines is 1. The summed E-state index contributed by atoms with van der Waals surface area (Å²) in [6.07, 6.45) is 0. The van der Waals surface area contributed by atoms with E-state index in [-0.39, 0.29) is 15.6 Å². The third kappa shape index (κ3) is 3.40. The summed E-state index contributed by atoms with van der Waals surface area (Å²) in [5.41, 5.74) is 1.36. The highest BCUT2D eigenvalue weighted by Crippen LogP contribution is 2.31. The molecule has 0 radical (unpaired) electrons. The Morgan fingerprint density at radius 2 is 1.85 bits per heavy atom. The fourth-order valence-electron chi connectivity index (χ4n) is 1.72. The molecule has 2 rings (SSSR count). The molecular formula is C14H10Cl2FNO2. The minimum atomic E-state index is -0.996. The van der Waals surface area contributed by atoms with Gasteiger partial charge in [-0.25, -0.2) is 9.18 Å². The second kappa shape index (κ2) is 6.11. The third-order valence-electron chi connectivity index (χ3n) is 2.65. The Bertz CT molecular complexity index is 638. The van der Waals surface area contributed by atoms with E-state index in [2.05, 4.69) is 5.32 Å². The summed E-state index contributed by atoms with van der Waals surface area (Å²) in [6, 6.07) is 8.77. The molecule has 2 N–H and O–H groups in total. The van der Waals surface area contributed by atoms with Crippen LogP contribution in [0, 0.1) is 5.82 Å². The highest BCUT2D eigenvalue weighted by Gasteiger charge is 2.09. The lowest BCUT2D eigenvalue weighted by atomic mass is 10.1. The van der Waals surface area contributed by atoms with Crippen LogP contribution in [0.25, 0.3) is 0 Å². The number of hydrogen-bond acceptors (Lipinski definition) is 2. The van der Waals surface area contributed by atoms with Crippen LogP contribution in [0.3, 0.4) is 0 Å². The molecule has 20 heavy (non-hydrogen) atoms. The van der Waals surface area contributed by atoms with Crippen LogP contribution in [-0.4, -0.2) is 11.1 Å². The van der Waals surface area contributed by atoms with Gasteiger partial charge in [0.15, 0.2) is 0 Å². The minimum absolute atomic E-state index is 0.171. The third-order valence-corrected chi connectivity index (χ3v) is 3.25. The average Bonchev–Trinajstić information content (AvgIpc) is 2.37. The Hall–Kier alpha value is -1.78. The maximum absolute atomic E-state index is 13.1. The van der Waals surface area contributed by atoms with Crippen LogP contribution in [0.2, 0.25) is 10.0 Å². The summed E-state index contributed by atoms with van der Waals surface area (Å²) in [4.78, 5) is 10.9. The van der Waals surface area contributed by atoms with Crippen molar-refractivity contribution in [3.05, 3.63) is 63.4 Å². The molecule has 0 bridgehead atoms. The molecule has 0 aromatic heterocycles. The molecule has 0 aliphatic heterocycles.